The van der Waals surface area contributed by atoms with Gasteiger partial charge in [-0.05, 0) is 101 Å². The molecule has 4 aliphatic carbocycles. The summed E-state index contributed by atoms with van der Waals surface area (Å²) in [6.07, 6.45) is 7.17. The molecule has 1 aromatic heterocycles. The second-order valence-corrected chi connectivity index (χ2v) is 19.6. The van der Waals surface area contributed by atoms with Gasteiger partial charge in [-0.2, -0.15) is 4.68 Å². The Morgan fingerprint density at radius 1 is 1.18 bits per heavy atom. The number of hydrogen-bond donors (Lipinski definition) is 2. The molecular weight excluding hydrogens is 702 g/mol. The fraction of sp³-hybridized carbons (Fsp3) is 0.868. The number of ether oxygens (including phenoxy) is 2. The van der Waals surface area contributed by atoms with Crippen LogP contribution in [0.4, 0.5) is 5.95 Å². The topological polar surface area (TPSA) is 156 Å². The summed E-state index contributed by atoms with van der Waals surface area (Å²) >= 11 is 3.53. The van der Waals surface area contributed by atoms with Crippen LogP contribution in [-0.4, -0.2) is 62.2 Å². The third-order valence-corrected chi connectivity index (χ3v) is 16.6. The summed E-state index contributed by atoms with van der Waals surface area (Å²) in [5.41, 5.74) is 5.80. The molecular formula is C38H60BrN5O6. The highest BCUT2D eigenvalue weighted by atomic mass is 79.9. The number of nitro groups is 1. The van der Waals surface area contributed by atoms with Crippen LogP contribution in [0.1, 0.15) is 114 Å². The number of nitrogens with two attached hydrogens (primary N) is 1. The molecule has 0 aromatic carbocycles. The first-order valence-corrected chi connectivity index (χ1v) is 19.6. The normalized spacial score (nSPS) is 42.9. The highest BCUT2D eigenvalue weighted by molar-refractivity contribution is 9.10. The van der Waals surface area contributed by atoms with Crippen LogP contribution < -0.4 is 5.73 Å². The average Bonchev–Trinajstić information content (AvgIpc) is 3.41. The van der Waals surface area contributed by atoms with Gasteiger partial charge >= 0.3 is 11.9 Å². The third kappa shape index (κ3) is 5.22. The summed E-state index contributed by atoms with van der Waals surface area (Å²) in [7, 11) is 0. The first-order chi connectivity index (χ1) is 23.1. The molecule has 0 radical (unpaired) electrons. The average molecular weight is 763 g/mol. The van der Waals surface area contributed by atoms with Gasteiger partial charge in [0.25, 0.3) is 4.73 Å². The van der Waals surface area contributed by atoms with Crippen molar-refractivity contribution >= 4 is 27.8 Å². The van der Waals surface area contributed by atoms with E-state index in [-0.39, 0.29) is 52.1 Å². The molecule has 12 atom stereocenters. The lowest BCUT2D eigenvalue weighted by molar-refractivity contribution is -0.394. The number of aliphatic carboxylic acids is 1. The lowest BCUT2D eigenvalue weighted by atomic mass is 9.34. The third-order valence-electron chi connectivity index (χ3n) is 16.0. The molecule has 12 heteroatoms. The highest BCUT2D eigenvalue weighted by Crippen LogP contribution is 2.75. The number of fused-ring (bicyclic) bond motifs is 3. The van der Waals surface area contributed by atoms with Crippen LogP contribution >= 0.6 is 15.9 Å². The number of carboxylic acids is 1. The Morgan fingerprint density at radius 2 is 1.86 bits per heavy atom. The number of allylic oxidation sites excluding steroid dienone is 1. The minimum Gasteiger partial charge on any atom is -0.481 e. The molecule has 1 aliphatic heterocycles. The van der Waals surface area contributed by atoms with Gasteiger partial charge in [0.05, 0.1) is 37.9 Å². The van der Waals surface area contributed by atoms with Crippen LogP contribution in [-0.2, 0) is 14.3 Å². The van der Waals surface area contributed by atoms with Crippen molar-refractivity contribution in [3.63, 3.8) is 0 Å². The van der Waals surface area contributed by atoms with E-state index in [1.807, 2.05) is 6.92 Å². The Bertz CT molecular complexity index is 1560. The SMILES string of the molecule is CC(C)[C@@H](C)[C@@]1(C)CCC2(C)[C@H]3CC[C@@H]4[C@@]5(COC[C@@]4(C)[C@@H](OC[C@](C)(N)C(C)C)[C@H](n4nc([N+](=O)[O-])nc4Br)C5)C3=CC[C@@]2(C)[C@@H]1C(=O)O. The zero-order valence-corrected chi connectivity index (χ0v) is 33.4. The highest BCUT2D eigenvalue weighted by Gasteiger charge is 2.72. The minimum absolute atomic E-state index is 0.173. The molecule has 6 rings (SSSR count). The van der Waals surface area contributed by atoms with E-state index in [0.29, 0.717) is 43.3 Å². The van der Waals surface area contributed by atoms with E-state index in [4.69, 9.17) is 15.2 Å². The summed E-state index contributed by atoms with van der Waals surface area (Å²) in [6.45, 7) is 23.4. The summed E-state index contributed by atoms with van der Waals surface area (Å²) < 4.78 is 15.6. The number of carbonyl (C=O) groups is 1. The maximum absolute atomic E-state index is 13.5. The van der Waals surface area contributed by atoms with E-state index in [9.17, 15) is 20.0 Å². The number of aromatic nitrogens is 3. The molecule has 1 saturated heterocycles. The number of rotatable bonds is 9. The Kier molecular flexibility index (Phi) is 9.34. The summed E-state index contributed by atoms with van der Waals surface area (Å²) in [4.78, 5) is 29.0. The molecule has 0 spiro atoms. The lowest BCUT2D eigenvalue weighted by Crippen LogP contribution is -2.69. The van der Waals surface area contributed by atoms with Crippen molar-refractivity contribution in [2.24, 2.45) is 68.3 Å². The quantitative estimate of drug-likeness (QED) is 0.145. The van der Waals surface area contributed by atoms with E-state index in [1.54, 1.807) is 4.68 Å². The predicted octanol–water partition coefficient (Wildman–Crippen LogP) is 7.84. The van der Waals surface area contributed by atoms with E-state index < -0.39 is 39.1 Å². The fourth-order valence-corrected chi connectivity index (χ4v) is 12.6. The first-order valence-electron chi connectivity index (χ1n) is 18.8. The van der Waals surface area contributed by atoms with Crippen LogP contribution in [0.25, 0.3) is 0 Å². The Labute approximate surface area is 306 Å². The van der Waals surface area contributed by atoms with Gasteiger partial charge in [0.2, 0.25) is 0 Å². The van der Waals surface area contributed by atoms with Crippen molar-refractivity contribution in [1.29, 1.82) is 0 Å². The van der Waals surface area contributed by atoms with Gasteiger partial charge < -0.3 is 30.4 Å². The molecule has 2 bridgehead atoms. The molecule has 2 heterocycles. The number of hydrogen-bond acceptors (Lipinski definition) is 8. The number of halogens is 1. The van der Waals surface area contributed by atoms with Crippen molar-refractivity contribution in [3.8, 4) is 0 Å². The van der Waals surface area contributed by atoms with Crippen molar-refractivity contribution in [2.45, 2.75) is 125 Å². The van der Waals surface area contributed by atoms with Crippen molar-refractivity contribution in [1.82, 2.24) is 14.8 Å². The number of carboxylic acid groups (broad SMARTS) is 1. The van der Waals surface area contributed by atoms with E-state index in [2.05, 4.69) is 94.4 Å². The van der Waals surface area contributed by atoms with Gasteiger partial charge in [-0.25, -0.2) is 0 Å². The largest absolute Gasteiger partial charge is 0.492 e. The second kappa shape index (κ2) is 12.3. The maximum Gasteiger partial charge on any atom is 0.492 e. The summed E-state index contributed by atoms with van der Waals surface area (Å²) in [6, 6.07) is -0.368. The zero-order chi connectivity index (χ0) is 37.0. The van der Waals surface area contributed by atoms with Gasteiger partial charge in [0, 0.05) is 37.4 Å². The van der Waals surface area contributed by atoms with E-state index in [1.165, 1.54) is 5.57 Å². The Morgan fingerprint density at radius 3 is 2.44 bits per heavy atom. The van der Waals surface area contributed by atoms with Crippen LogP contribution in [0.2, 0.25) is 0 Å². The fourth-order valence-electron chi connectivity index (χ4n) is 12.1. The lowest BCUT2D eigenvalue weighted by Gasteiger charge is -2.71. The molecule has 3 saturated carbocycles. The molecule has 1 aromatic rings. The molecule has 5 aliphatic rings. The van der Waals surface area contributed by atoms with Gasteiger partial charge in [-0.15, -0.1) is 0 Å². The van der Waals surface area contributed by atoms with Gasteiger partial charge in [0.1, 0.15) is 0 Å². The maximum atomic E-state index is 13.5. The molecule has 4 fully saturated rings. The molecule has 1 unspecified atom stereocenters. The molecule has 280 valence electrons. The molecule has 3 N–H and O–H groups in total. The van der Waals surface area contributed by atoms with Crippen molar-refractivity contribution in [3.05, 3.63) is 26.5 Å². The first kappa shape index (κ1) is 37.9. The van der Waals surface area contributed by atoms with Gasteiger partial charge in [0.15, 0.2) is 0 Å². The van der Waals surface area contributed by atoms with Gasteiger partial charge in [-0.3, -0.25) is 4.79 Å². The summed E-state index contributed by atoms with van der Waals surface area (Å²) in [5.74, 6) is -0.327. The zero-order valence-electron chi connectivity index (χ0n) is 31.8. The van der Waals surface area contributed by atoms with Crippen LogP contribution in [0.5, 0.6) is 0 Å². The van der Waals surface area contributed by atoms with Crippen LogP contribution in [0, 0.1) is 72.7 Å². The monoisotopic (exact) mass is 761 g/mol. The summed E-state index contributed by atoms with van der Waals surface area (Å²) in [5, 5.41) is 27.4. The molecule has 0 amide bonds. The van der Waals surface area contributed by atoms with Gasteiger partial charge in [-0.1, -0.05) is 74.0 Å². The van der Waals surface area contributed by atoms with Crippen molar-refractivity contribution < 1.29 is 24.3 Å². The van der Waals surface area contributed by atoms with Crippen LogP contribution in [0.15, 0.2) is 16.4 Å². The standard InChI is InChI=1S/C38H60BrN5O6/c1-21(2)23(5)33(6)15-16-35(8)24-11-12-27-34(7)18-49-20-38(27,25(24)13-14-36(35,9)28(33)30(45)46)17-26(29(34)50-19-37(10,40)22(3)4)43-31(39)41-32(42-43)44(47)48/h13,21-24,26-29H,11-12,14-20,40H2,1-10H3,(H,45,46)/t23-,24+,26-,27+,28-,29+,33-,34-,35?,36+,37+,38+/m1/s1. The minimum atomic E-state index is -0.672. The van der Waals surface area contributed by atoms with E-state index >= 15 is 0 Å². The molecule has 50 heavy (non-hydrogen) atoms. The Hall–Kier alpha value is -1.89. The van der Waals surface area contributed by atoms with Crippen LogP contribution in [0.3, 0.4) is 0 Å². The predicted molar refractivity (Wildman–Crippen MR) is 194 cm³/mol. The van der Waals surface area contributed by atoms with Crippen molar-refractivity contribution in [2.75, 3.05) is 19.8 Å². The molecule has 11 nitrogen and oxygen atoms in total. The van der Waals surface area contributed by atoms with E-state index in [0.717, 1.165) is 25.7 Å². The second-order valence-electron chi connectivity index (χ2n) is 18.9. The number of nitrogens with zero attached hydrogens (tertiary/aromatic N) is 4. The Balaban J connectivity index is 1.48. The smallest absolute Gasteiger partial charge is 0.481 e.